The minimum absolute atomic E-state index is 0.531. The van der Waals surface area contributed by atoms with Gasteiger partial charge in [0.1, 0.15) is 0 Å². The fourth-order valence-electron chi connectivity index (χ4n) is 2.79. The van der Waals surface area contributed by atoms with E-state index >= 15 is 0 Å². The molecule has 1 heteroatoms. The molecule has 0 heterocycles. The molecule has 2 rings (SSSR count). The van der Waals surface area contributed by atoms with Crippen LogP contribution in [0.3, 0.4) is 0 Å². The smallest absolute Gasteiger partial charge is 0.0317 e. The van der Waals surface area contributed by atoms with Crippen molar-refractivity contribution >= 4 is 0 Å². The van der Waals surface area contributed by atoms with E-state index in [1.807, 2.05) is 0 Å². The summed E-state index contributed by atoms with van der Waals surface area (Å²) in [6, 6.07) is 7.63. The van der Waals surface area contributed by atoms with Gasteiger partial charge in [0.15, 0.2) is 0 Å². The van der Waals surface area contributed by atoms with Crippen LogP contribution < -0.4 is 5.32 Å². The van der Waals surface area contributed by atoms with E-state index in [0.717, 1.165) is 5.92 Å². The molecule has 1 aliphatic rings. The molecule has 1 aromatic rings. The molecule has 1 N–H and O–H groups in total. The summed E-state index contributed by atoms with van der Waals surface area (Å²) < 4.78 is 0. The molecule has 0 amide bonds. The molecule has 17 heavy (non-hydrogen) atoms. The van der Waals surface area contributed by atoms with Crippen molar-refractivity contribution in [1.29, 1.82) is 0 Å². The van der Waals surface area contributed by atoms with Gasteiger partial charge in [-0.15, -0.1) is 0 Å². The predicted molar refractivity (Wildman–Crippen MR) is 74.3 cm³/mol. The molecular weight excluding hydrogens is 206 g/mol. The zero-order chi connectivity index (χ0) is 12.3. The normalized spacial score (nSPS) is 16.2. The Hall–Kier alpha value is -0.820. The molecule has 1 nitrogen and oxygen atoms in total. The molecular formula is C16H25N. The topological polar surface area (TPSA) is 12.0 Å². The Morgan fingerprint density at radius 3 is 2.59 bits per heavy atom. The van der Waals surface area contributed by atoms with Crippen LogP contribution >= 0.6 is 0 Å². The molecule has 0 aromatic heterocycles. The second kappa shape index (κ2) is 5.68. The van der Waals surface area contributed by atoms with Crippen LogP contribution in [-0.4, -0.2) is 7.05 Å². The molecule has 1 atom stereocenters. The molecule has 1 unspecified atom stereocenters. The quantitative estimate of drug-likeness (QED) is 0.811. The molecule has 0 saturated heterocycles. The highest BCUT2D eigenvalue weighted by atomic mass is 14.9. The van der Waals surface area contributed by atoms with E-state index in [1.165, 1.54) is 37.7 Å². The van der Waals surface area contributed by atoms with Gasteiger partial charge in [-0.3, -0.25) is 0 Å². The molecule has 1 aliphatic carbocycles. The third-order valence-electron chi connectivity index (χ3n) is 3.91. The number of hydrogen-bond acceptors (Lipinski definition) is 1. The van der Waals surface area contributed by atoms with Crippen molar-refractivity contribution in [3.05, 3.63) is 34.9 Å². The Kier molecular flexibility index (Phi) is 4.22. The molecule has 0 bridgehead atoms. The summed E-state index contributed by atoms with van der Waals surface area (Å²) in [7, 11) is 2.08. The first kappa shape index (κ1) is 12.6. The van der Waals surface area contributed by atoms with Crippen molar-refractivity contribution in [2.75, 3.05) is 7.05 Å². The third kappa shape index (κ3) is 3.10. The highest BCUT2D eigenvalue weighted by Crippen LogP contribution is 2.27. The second-order valence-electron chi connectivity index (χ2n) is 5.69. The van der Waals surface area contributed by atoms with E-state index in [1.54, 1.807) is 11.1 Å². The van der Waals surface area contributed by atoms with Gasteiger partial charge in [-0.25, -0.2) is 0 Å². The van der Waals surface area contributed by atoms with E-state index < -0.39 is 0 Å². The third-order valence-corrected chi connectivity index (χ3v) is 3.91. The van der Waals surface area contributed by atoms with Crippen molar-refractivity contribution in [3.8, 4) is 0 Å². The van der Waals surface area contributed by atoms with Crippen molar-refractivity contribution < 1.29 is 0 Å². The molecule has 1 aromatic carbocycles. The van der Waals surface area contributed by atoms with Gasteiger partial charge >= 0.3 is 0 Å². The van der Waals surface area contributed by atoms with Crippen LogP contribution in [0.1, 0.15) is 55.8 Å². The van der Waals surface area contributed by atoms with Crippen molar-refractivity contribution in [3.63, 3.8) is 0 Å². The summed E-state index contributed by atoms with van der Waals surface area (Å²) in [4.78, 5) is 0. The van der Waals surface area contributed by atoms with Crippen molar-refractivity contribution in [1.82, 2.24) is 5.32 Å². The van der Waals surface area contributed by atoms with Gasteiger partial charge in [0.2, 0.25) is 0 Å². The fraction of sp³-hybridized carbons (Fsp3) is 0.625. The zero-order valence-electron chi connectivity index (χ0n) is 11.4. The fourth-order valence-corrected chi connectivity index (χ4v) is 2.79. The Morgan fingerprint density at radius 2 is 1.88 bits per heavy atom. The Bertz CT molecular complexity index is 368. The lowest BCUT2D eigenvalue weighted by atomic mass is 9.95. The summed E-state index contributed by atoms with van der Waals surface area (Å²) >= 11 is 0. The highest BCUT2D eigenvalue weighted by Gasteiger charge is 2.15. The van der Waals surface area contributed by atoms with Gasteiger partial charge in [-0.1, -0.05) is 32.0 Å². The van der Waals surface area contributed by atoms with Crippen LogP contribution in [0.25, 0.3) is 0 Å². The lowest BCUT2D eigenvalue weighted by molar-refractivity contribution is 0.465. The number of benzene rings is 1. The van der Waals surface area contributed by atoms with E-state index in [0.29, 0.717) is 6.04 Å². The van der Waals surface area contributed by atoms with Crippen LogP contribution in [-0.2, 0) is 12.8 Å². The average Bonchev–Trinajstić information content (AvgIpc) is 2.76. The number of nitrogens with one attached hydrogen (secondary N) is 1. The van der Waals surface area contributed by atoms with Crippen molar-refractivity contribution in [2.45, 2.75) is 52.0 Å². The lowest BCUT2D eigenvalue weighted by Crippen LogP contribution is -2.17. The number of aryl methyl sites for hydroxylation is 2. The first-order valence-corrected chi connectivity index (χ1v) is 6.99. The maximum absolute atomic E-state index is 3.46. The maximum atomic E-state index is 3.46. The lowest BCUT2D eigenvalue weighted by Gasteiger charge is -2.18. The number of fused-ring (bicyclic) bond motifs is 1. The Labute approximate surface area is 106 Å². The molecule has 0 saturated carbocycles. The zero-order valence-corrected chi connectivity index (χ0v) is 11.4. The molecule has 0 aliphatic heterocycles. The van der Waals surface area contributed by atoms with Crippen LogP contribution in [0.4, 0.5) is 0 Å². The standard InChI is InChI=1S/C16H25N/c1-12(2)7-10-16(17-3)15-9-8-13-5-4-6-14(13)11-15/h8-9,11-12,16-17H,4-7,10H2,1-3H3. The van der Waals surface area contributed by atoms with Crippen LogP contribution in [0.2, 0.25) is 0 Å². The SMILES string of the molecule is CNC(CCC(C)C)c1ccc2c(c1)CCC2. The van der Waals surface area contributed by atoms with Crippen LogP contribution in [0.5, 0.6) is 0 Å². The summed E-state index contributed by atoms with van der Waals surface area (Å²) in [6.45, 7) is 4.60. The van der Waals surface area contributed by atoms with Gasteiger partial charge in [0.25, 0.3) is 0 Å². The molecule has 0 spiro atoms. The van der Waals surface area contributed by atoms with E-state index in [-0.39, 0.29) is 0 Å². The summed E-state index contributed by atoms with van der Waals surface area (Å²) in [6.07, 6.45) is 6.44. The first-order valence-electron chi connectivity index (χ1n) is 6.99. The largest absolute Gasteiger partial charge is 0.313 e. The Morgan fingerprint density at radius 1 is 1.12 bits per heavy atom. The maximum Gasteiger partial charge on any atom is 0.0317 e. The summed E-state index contributed by atoms with van der Waals surface area (Å²) in [5, 5.41) is 3.46. The van der Waals surface area contributed by atoms with Crippen LogP contribution in [0, 0.1) is 5.92 Å². The van der Waals surface area contributed by atoms with Gasteiger partial charge in [-0.2, -0.15) is 0 Å². The van der Waals surface area contributed by atoms with Gasteiger partial charge < -0.3 is 5.32 Å². The number of rotatable bonds is 5. The number of hydrogen-bond donors (Lipinski definition) is 1. The Balaban J connectivity index is 2.08. The van der Waals surface area contributed by atoms with Gasteiger partial charge in [-0.05, 0) is 61.8 Å². The van der Waals surface area contributed by atoms with E-state index in [2.05, 4.69) is 44.4 Å². The van der Waals surface area contributed by atoms with Crippen LogP contribution in [0.15, 0.2) is 18.2 Å². The van der Waals surface area contributed by atoms with E-state index in [4.69, 9.17) is 0 Å². The molecule has 94 valence electrons. The summed E-state index contributed by atoms with van der Waals surface area (Å²) in [5.41, 5.74) is 4.65. The monoisotopic (exact) mass is 231 g/mol. The molecule has 0 fully saturated rings. The summed E-state index contributed by atoms with van der Waals surface area (Å²) in [5.74, 6) is 0.792. The highest BCUT2D eigenvalue weighted by molar-refractivity contribution is 5.36. The second-order valence-corrected chi connectivity index (χ2v) is 5.69. The van der Waals surface area contributed by atoms with Gasteiger partial charge in [0.05, 0.1) is 0 Å². The average molecular weight is 231 g/mol. The first-order chi connectivity index (χ1) is 8.20. The van der Waals surface area contributed by atoms with E-state index in [9.17, 15) is 0 Å². The van der Waals surface area contributed by atoms with Crippen molar-refractivity contribution in [2.24, 2.45) is 5.92 Å². The minimum atomic E-state index is 0.531. The molecule has 0 radical (unpaired) electrons. The predicted octanol–water partition coefficient (Wildman–Crippen LogP) is 3.87. The van der Waals surface area contributed by atoms with Gasteiger partial charge in [0, 0.05) is 6.04 Å². The minimum Gasteiger partial charge on any atom is -0.313 e.